The van der Waals surface area contributed by atoms with E-state index in [0.717, 1.165) is 11.1 Å². The fourth-order valence-corrected chi connectivity index (χ4v) is 4.55. The fourth-order valence-electron chi connectivity index (χ4n) is 3.63. The molecule has 0 unspecified atom stereocenters. The Morgan fingerprint density at radius 1 is 1.21 bits per heavy atom. The number of carbonyl (C=O) groups is 2. The zero-order valence-corrected chi connectivity index (χ0v) is 18.5. The SMILES string of the molecule is Cn1c(SCc2ccc(F)cc2)nc(=O)c2c1NC(=O)C[C@@H]2c1ccc(OCC(N)=O)cc1. The summed E-state index contributed by atoms with van der Waals surface area (Å²) >= 11 is 1.32. The van der Waals surface area contributed by atoms with Crippen LogP contribution in [0.1, 0.15) is 29.0 Å². The maximum absolute atomic E-state index is 13.1. The number of ether oxygens (including phenoxy) is 1. The highest BCUT2D eigenvalue weighted by molar-refractivity contribution is 7.98. The molecule has 0 saturated carbocycles. The summed E-state index contributed by atoms with van der Waals surface area (Å²) in [7, 11) is 1.74. The van der Waals surface area contributed by atoms with Crippen LogP contribution in [0, 0.1) is 5.82 Å². The Hall–Kier alpha value is -3.66. The normalized spacial score (nSPS) is 15.0. The summed E-state index contributed by atoms with van der Waals surface area (Å²) in [6.45, 7) is -0.239. The number of benzene rings is 2. The number of nitrogens with zero attached hydrogens (tertiary/aromatic N) is 2. The minimum atomic E-state index is -0.584. The van der Waals surface area contributed by atoms with Gasteiger partial charge in [0.1, 0.15) is 17.4 Å². The van der Waals surface area contributed by atoms with Crippen molar-refractivity contribution in [2.45, 2.75) is 23.2 Å². The number of carbonyl (C=O) groups excluding carboxylic acids is 2. The van der Waals surface area contributed by atoms with Crippen LogP contribution in [-0.2, 0) is 22.4 Å². The van der Waals surface area contributed by atoms with Crippen molar-refractivity contribution in [3.05, 3.63) is 81.4 Å². The van der Waals surface area contributed by atoms with Gasteiger partial charge in [-0.2, -0.15) is 4.98 Å². The number of primary amides is 1. The molecular weight excluding hydrogens is 447 g/mol. The molecule has 0 bridgehead atoms. The van der Waals surface area contributed by atoms with Gasteiger partial charge in [0, 0.05) is 25.1 Å². The van der Waals surface area contributed by atoms with Crippen molar-refractivity contribution in [3.8, 4) is 5.75 Å². The van der Waals surface area contributed by atoms with Crippen LogP contribution in [0.5, 0.6) is 5.75 Å². The topological polar surface area (TPSA) is 116 Å². The van der Waals surface area contributed by atoms with Gasteiger partial charge >= 0.3 is 0 Å². The van der Waals surface area contributed by atoms with Crippen molar-refractivity contribution in [2.75, 3.05) is 11.9 Å². The number of amides is 2. The Bertz CT molecular complexity index is 1260. The molecule has 8 nitrogen and oxygen atoms in total. The molecule has 3 aromatic rings. The Morgan fingerprint density at radius 2 is 1.91 bits per heavy atom. The second-order valence-electron chi connectivity index (χ2n) is 7.56. The highest BCUT2D eigenvalue weighted by Gasteiger charge is 2.32. The molecule has 10 heteroatoms. The molecule has 3 N–H and O–H groups in total. The smallest absolute Gasteiger partial charge is 0.279 e. The lowest BCUT2D eigenvalue weighted by Crippen LogP contribution is -2.33. The molecule has 1 atom stereocenters. The molecule has 2 amide bonds. The zero-order chi connectivity index (χ0) is 23.5. The first kappa shape index (κ1) is 22.5. The molecule has 1 aliphatic heterocycles. The van der Waals surface area contributed by atoms with Gasteiger partial charge in [0.15, 0.2) is 11.8 Å². The number of nitrogens with one attached hydrogen (secondary N) is 1. The minimum Gasteiger partial charge on any atom is -0.484 e. The van der Waals surface area contributed by atoms with Crippen molar-refractivity contribution in [1.82, 2.24) is 9.55 Å². The number of fused-ring (bicyclic) bond motifs is 1. The van der Waals surface area contributed by atoms with Crippen molar-refractivity contribution < 1.29 is 18.7 Å². The molecule has 2 heterocycles. The third-order valence-corrected chi connectivity index (χ3v) is 6.35. The molecule has 33 heavy (non-hydrogen) atoms. The van der Waals surface area contributed by atoms with Gasteiger partial charge in [0.05, 0.1) is 5.56 Å². The van der Waals surface area contributed by atoms with Crippen LogP contribution in [0.4, 0.5) is 10.2 Å². The molecule has 0 saturated heterocycles. The first-order valence-corrected chi connectivity index (χ1v) is 11.1. The van der Waals surface area contributed by atoms with Crippen molar-refractivity contribution in [2.24, 2.45) is 12.8 Å². The summed E-state index contributed by atoms with van der Waals surface area (Å²) in [6, 6.07) is 12.9. The van der Waals surface area contributed by atoms with Crippen LogP contribution in [0.3, 0.4) is 0 Å². The highest BCUT2D eigenvalue weighted by Crippen LogP contribution is 2.36. The Balaban J connectivity index is 1.62. The van der Waals surface area contributed by atoms with Gasteiger partial charge in [-0.15, -0.1) is 0 Å². The Kier molecular flexibility index (Phi) is 6.45. The third-order valence-electron chi connectivity index (χ3n) is 5.25. The number of anilines is 1. The number of thioether (sulfide) groups is 1. The summed E-state index contributed by atoms with van der Waals surface area (Å²) in [5.41, 5.74) is 6.72. The summed E-state index contributed by atoms with van der Waals surface area (Å²) in [5, 5.41) is 3.25. The van der Waals surface area contributed by atoms with E-state index in [-0.39, 0.29) is 24.8 Å². The number of aromatic nitrogens is 2. The zero-order valence-electron chi connectivity index (χ0n) is 17.7. The van der Waals surface area contributed by atoms with Gasteiger partial charge in [0.2, 0.25) is 5.91 Å². The number of hydrogen-bond donors (Lipinski definition) is 2. The predicted octanol–water partition coefficient (Wildman–Crippen LogP) is 2.55. The van der Waals surface area contributed by atoms with Gasteiger partial charge in [-0.1, -0.05) is 36.0 Å². The number of rotatable bonds is 7. The second kappa shape index (κ2) is 9.45. The van der Waals surface area contributed by atoms with E-state index in [1.807, 2.05) is 0 Å². The van der Waals surface area contributed by atoms with E-state index in [2.05, 4.69) is 10.3 Å². The molecule has 0 aliphatic carbocycles. The summed E-state index contributed by atoms with van der Waals surface area (Å²) in [6.07, 6.45) is 0.105. The van der Waals surface area contributed by atoms with Crippen LogP contribution in [-0.4, -0.2) is 28.0 Å². The molecule has 1 aliphatic rings. The monoisotopic (exact) mass is 468 g/mol. The summed E-state index contributed by atoms with van der Waals surface area (Å²) < 4.78 is 20.1. The average molecular weight is 469 g/mol. The van der Waals surface area contributed by atoms with Crippen LogP contribution < -0.4 is 21.3 Å². The van der Waals surface area contributed by atoms with Crippen LogP contribution in [0.15, 0.2) is 58.5 Å². The van der Waals surface area contributed by atoms with E-state index >= 15 is 0 Å². The molecule has 4 rings (SSSR count). The quantitative estimate of drug-likeness (QED) is 0.407. The largest absolute Gasteiger partial charge is 0.484 e. The van der Waals surface area contributed by atoms with E-state index < -0.39 is 17.4 Å². The Morgan fingerprint density at radius 3 is 2.58 bits per heavy atom. The lowest BCUT2D eigenvalue weighted by molar-refractivity contribution is -0.120. The lowest BCUT2D eigenvalue weighted by atomic mass is 9.87. The van der Waals surface area contributed by atoms with Crippen molar-refractivity contribution in [1.29, 1.82) is 0 Å². The number of nitrogens with two attached hydrogens (primary N) is 1. The second-order valence-corrected chi connectivity index (χ2v) is 8.51. The summed E-state index contributed by atoms with van der Waals surface area (Å²) in [5.74, 6) is -0.227. The lowest BCUT2D eigenvalue weighted by Gasteiger charge is -2.27. The number of hydrogen-bond acceptors (Lipinski definition) is 6. The first-order chi connectivity index (χ1) is 15.8. The molecule has 2 aromatic carbocycles. The van der Waals surface area contributed by atoms with E-state index in [9.17, 15) is 18.8 Å². The van der Waals surface area contributed by atoms with E-state index in [1.54, 1.807) is 48.0 Å². The number of halogens is 1. The molecule has 170 valence electrons. The van der Waals surface area contributed by atoms with Crippen LogP contribution in [0.2, 0.25) is 0 Å². The first-order valence-electron chi connectivity index (χ1n) is 10.1. The molecule has 0 radical (unpaired) electrons. The van der Waals surface area contributed by atoms with Crippen molar-refractivity contribution in [3.63, 3.8) is 0 Å². The summed E-state index contributed by atoms with van der Waals surface area (Å²) in [4.78, 5) is 40.6. The van der Waals surface area contributed by atoms with E-state index in [1.165, 1.54) is 23.9 Å². The van der Waals surface area contributed by atoms with Crippen LogP contribution >= 0.6 is 11.8 Å². The maximum Gasteiger partial charge on any atom is 0.279 e. The van der Waals surface area contributed by atoms with Gasteiger partial charge < -0.3 is 20.4 Å². The fraction of sp³-hybridized carbons (Fsp3) is 0.217. The third kappa shape index (κ3) is 5.06. The van der Waals surface area contributed by atoms with E-state index in [4.69, 9.17) is 10.5 Å². The average Bonchev–Trinajstić information content (AvgIpc) is 2.80. The van der Waals surface area contributed by atoms with Gasteiger partial charge in [-0.05, 0) is 35.4 Å². The molecule has 0 spiro atoms. The van der Waals surface area contributed by atoms with Gasteiger partial charge in [0.25, 0.3) is 11.5 Å². The maximum atomic E-state index is 13.1. The van der Waals surface area contributed by atoms with E-state index in [0.29, 0.717) is 28.0 Å². The molecule has 0 fully saturated rings. The standard InChI is InChI=1S/C23H21FN4O4S/c1-28-21-20(22(31)27-23(28)33-12-13-2-6-15(24)7-3-13)17(10-19(30)26-21)14-4-8-16(9-5-14)32-11-18(25)29/h2-9,17H,10-12H2,1H3,(H2,25,29)(H,26,30)/t17-/m1/s1. The molecular formula is C23H21FN4O4S. The molecule has 1 aromatic heterocycles. The van der Waals surface area contributed by atoms with Gasteiger partial charge in [-0.3, -0.25) is 14.4 Å². The Labute approximate surface area is 193 Å². The predicted molar refractivity (Wildman–Crippen MR) is 122 cm³/mol. The van der Waals surface area contributed by atoms with Crippen molar-refractivity contribution >= 4 is 29.4 Å². The highest BCUT2D eigenvalue weighted by atomic mass is 32.2. The van der Waals surface area contributed by atoms with Gasteiger partial charge in [-0.25, -0.2) is 4.39 Å². The van der Waals surface area contributed by atoms with Crippen LogP contribution in [0.25, 0.3) is 0 Å². The minimum absolute atomic E-state index is 0.105.